The van der Waals surface area contributed by atoms with Crippen molar-refractivity contribution in [1.82, 2.24) is 0 Å². The molecule has 2 nitrogen and oxygen atoms in total. The van der Waals surface area contributed by atoms with Crippen LogP contribution < -0.4 is 0 Å². The summed E-state index contributed by atoms with van der Waals surface area (Å²) in [5, 5.41) is 0. The van der Waals surface area contributed by atoms with Gasteiger partial charge >= 0.3 is 5.97 Å². The van der Waals surface area contributed by atoms with Crippen LogP contribution in [0.15, 0.2) is 11.6 Å². The van der Waals surface area contributed by atoms with Gasteiger partial charge in [-0.05, 0) is 25.7 Å². The van der Waals surface area contributed by atoms with Gasteiger partial charge in [0, 0.05) is 5.57 Å². The quantitative estimate of drug-likeness (QED) is 0.485. The Morgan fingerprint density at radius 3 is 2.54 bits per heavy atom. The Morgan fingerprint density at radius 1 is 1.46 bits per heavy atom. The van der Waals surface area contributed by atoms with Gasteiger partial charge in [-0.25, -0.2) is 4.79 Å². The highest BCUT2D eigenvalue weighted by Gasteiger charge is 2.04. The van der Waals surface area contributed by atoms with Crippen LogP contribution in [0.1, 0.15) is 40.5 Å². The lowest BCUT2D eigenvalue weighted by Gasteiger charge is -2.06. The second kappa shape index (κ2) is 6.70. The average molecular weight is 184 g/mol. The number of esters is 1. The predicted molar refractivity (Wildman–Crippen MR) is 54.5 cm³/mol. The fraction of sp³-hybridized carbons (Fsp3) is 0.727. The van der Waals surface area contributed by atoms with Crippen LogP contribution in [0.25, 0.3) is 0 Å². The zero-order chi connectivity index (χ0) is 10.3. The number of carbonyl (C=O) groups is 1. The van der Waals surface area contributed by atoms with E-state index in [1.807, 2.05) is 13.0 Å². The first kappa shape index (κ1) is 12.2. The van der Waals surface area contributed by atoms with Crippen molar-refractivity contribution >= 4 is 5.97 Å². The number of allylic oxidation sites excluding steroid dienone is 1. The van der Waals surface area contributed by atoms with E-state index in [9.17, 15) is 4.79 Å². The fourth-order valence-corrected chi connectivity index (χ4v) is 0.891. The molecule has 0 aromatic heterocycles. The Kier molecular flexibility index (Phi) is 6.29. The molecule has 13 heavy (non-hydrogen) atoms. The average Bonchev–Trinajstić information content (AvgIpc) is 2.04. The largest absolute Gasteiger partial charge is 0.462 e. The van der Waals surface area contributed by atoms with E-state index < -0.39 is 0 Å². The normalized spacial score (nSPS) is 11.9. The summed E-state index contributed by atoms with van der Waals surface area (Å²) in [5.74, 6) is 0.408. The van der Waals surface area contributed by atoms with Gasteiger partial charge in [0.1, 0.15) is 0 Å². The lowest BCUT2D eigenvalue weighted by atomic mass is 10.1. The van der Waals surface area contributed by atoms with Gasteiger partial charge in [-0.3, -0.25) is 0 Å². The zero-order valence-corrected chi connectivity index (χ0v) is 9.09. The van der Waals surface area contributed by atoms with E-state index in [0.29, 0.717) is 18.1 Å². The molecule has 0 aliphatic carbocycles. The van der Waals surface area contributed by atoms with Crippen LogP contribution in [0.3, 0.4) is 0 Å². The molecule has 0 radical (unpaired) electrons. The second-order valence-corrected chi connectivity index (χ2v) is 3.61. The Bertz CT molecular complexity index is 181. The van der Waals surface area contributed by atoms with Crippen LogP contribution in [0.2, 0.25) is 0 Å². The maximum absolute atomic E-state index is 11.2. The molecule has 0 spiro atoms. The van der Waals surface area contributed by atoms with Gasteiger partial charge in [0.25, 0.3) is 0 Å². The summed E-state index contributed by atoms with van der Waals surface area (Å²) in [6.07, 6.45) is 3.70. The third kappa shape index (κ3) is 6.38. The van der Waals surface area contributed by atoms with Crippen LogP contribution >= 0.6 is 0 Å². The van der Waals surface area contributed by atoms with Crippen LogP contribution in [-0.2, 0) is 9.53 Å². The smallest absolute Gasteiger partial charge is 0.333 e. The summed E-state index contributed by atoms with van der Waals surface area (Å²) < 4.78 is 5.06. The van der Waals surface area contributed by atoms with Gasteiger partial charge in [0.15, 0.2) is 0 Å². The van der Waals surface area contributed by atoms with Gasteiger partial charge in [-0.15, -0.1) is 0 Å². The summed E-state index contributed by atoms with van der Waals surface area (Å²) in [6, 6.07) is 0. The van der Waals surface area contributed by atoms with E-state index in [1.54, 1.807) is 6.92 Å². The Morgan fingerprint density at radius 2 is 2.08 bits per heavy atom. The molecule has 0 saturated carbocycles. The molecule has 0 aliphatic heterocycles. The van der Waals surface area contributed by atoms with Crippen molar-refractivity contribution in [3.05, 3.63) is 11.6 Å². The summed E-state index contributed by atoms with van der Waals surface area (Å²) in [4.78, 5) is 11.2. The molecule has 0 bridgehead atoms. The number of carbonyl (C=O) groups excluding carboxylic acids is 1. The van der Waals surface area contributed by atoms with E-state index in [2.05, 4.69) is 13.8 Å². The predicted octanol–water partition coefficient (Wildman–Crippen LogP) is 2.93. The van der Waals surface area contributed by atoms with Crippen molar-refractivity contribution in [2.24, 2.45) is 5.92 Å². The molecular formula is C11H20O2. The zero-order valence-electron chi connectivity index (χ0n) is 9.09. The topological polar surface area (TPSA) is 26.3 Å². The Balaban J connectivity index is 3.69. The van der Waals surface area contributed by atoms with E-state index in [4.69, 9.17) is 4.74 Å². The lowest BCUT2D eigenvalue weighted by Crippen LogP contribution is -2.08. The van der Waals surface area contributed by atoms with Gasteiger partial charge in [0.2, 0.25) is 0 Å². The number of rotatable bonds is 5. The first-order chi connectivity index (χ1) is 6.07. The molecular weight excluding hydrogens is 164 g/mol. The van der Waals surface area contributed by atoms with Gasteiger partial charge in [0.05, 0.1) is 6.61 Å². The van der Waals surface area contributed by atoms with Crippen molar-refractivity contribution in [1.29, 1.82) is 0 Å². The third-order valence-corrected chi connectivity index (χ3v) is 1.76. The summed E-state index contributed by atoms with van der Waals surface area (Å²) in [6.45, 7) is 8.56. The van der Waals surface area contributed by atoms with Crippen molar-refractivity contribution in [2.75, 3.05) is 6.61 Å². The van der Waals surface area contributed by atoms with Crippen LogP contribution in [0.4, 0.5) is 0 Å². The maximum atomic E-state index is 11.2. The highest BCUT2D eigenvalue weighted by atomic mass is 16.5. The van der Waals surface area contributed by atoms with Crippen molar-refractivity contribution in [3.63, 3.8) is 0 Å². The van der Waals surface area contributed by atoms with Crippen LogP contribution in [0.5, 0.6) is 0 Å². The molecule has 0 N–H and O–H groups in total. The van der Waals surface area contributed by atoms with Gasteiger partial charge in [-0.2, -0.15) is 0 Å². The molecule has 0 rings (SSSR count). The molecule has 0 fully saturated rings. The van der Waals surface area contributed by atoms with Gasteiger partial charge < -0.3 is 4.74 Å². The number of ether oxygens (including phenoxy) is 1. The van der Waals surface area contributed by atoms with E-state index in [1.165, 1.54) is 0 Å². The third-order valence-electron chi connectivity index (χ3n) is 1.76. The monoisotopic (exact) mass is 184 g/mol. The summed E-state index contributed by atoms with van der Waals surface area (Å²) in [7, 11) is 0. The van der Waals surface area contributed by atoms with Crippen molar-refractivity contribution < 1.29 is 9.53 Å². The maximum Gasteiger partial charge on any atom is 0.333 e. The molecule has 76 valence electrons. The SMILES string of the molecule is CC/C=C(\C)C(=O)OCCC(C)C. The number of hydrogen-bond acceptors (Lipinski definition) is 2. The van der Waals surface area contributed by atoms with E-state index >= 15 is 0 Å². The van der Waals surface area contributed by atoms with Crippen molar-refractivity contribution in [3.8, 4) is 0 Å². The minimum atomic E-state index is -0.178. The van der Waals surface area contributed by atoms with Gasteiger partial charge in [-0.1, -0.05) is 26.8 Å². The van der Waals surface area contributed by atoms with Crippen LogP contribution in [0, 0.1) is 5.92 Å². The number of hydrogen-bond donors (Lipinski definition) is 0. The molecule has 0 aromatic rings. The first-order valence-corrected chi connectivity index (χ1v) is 4.91. The Hall–Kier alpha value is -0.790. The molecule has 0 aromatic carbocycles. The molecule has 0 atom stereocenters. The Labute approximate surface area is 81.0 Å². The molecule has 2 heteroatoms. The molecule has 0 heterocycles. The molecule has 0 saturated heterocycles. The first-order valence-electron chi connectivity index (χ1n) is 4.91. The minimum Gasteiger partial charge on any atom is -0.462 e. The lowest BCUT2D eigenvalue weighted by molar-refractivity contribution is -0.139. The minimum absolute atomic E-state index is 0.178. The molecule has 0 unspecified atom stereocenters. The standard InChI is InChI=1S/C11H20O2/c1-5-6-10(4)11(12)13-8-7-9(2)3/h6,9H,5,7-8H2,1-4H3/b10-6+. The fourth-order valence-electron chi connectivity index (χ4n) is 0.891. The van der Waals surface area contributed by atoms with E-state index in [0.717, 1.165) is 12.8 Å². The summed E-state index contributed by atoms with van der Waals surface area (Å²) >= 11 is 0. The highest BCUT2D eigenvalue weighted by molar-refractivity contribution is 5.87. The van der Waals surface area contributed by atoms with E-state index in [-0.39, 0.29) is 5.97 Å². The molecule has 0 aliphatic rings. The molecule has 0 amide bonds. The second-order valence-electron chi connectivity index (χ2n) is 3.61. The van der Waals surface area contributed by atoms with Crippen LogP contribution in [-0.4, -0.2) is 12.6 Å². The highest BCUT2D eigenvalue weighted by Crippen LogP contribution is 2.02. The van der Waals surface area contributed by atoms with Crippen molar-refractivity contribution in [2.45, 2.75) is 40.5 Å². The summed E-state index contributed by atoms with van der Waals surface area (Å²) in [5.41, 5.74) is 0.714.